The summed E-state index contributed by atoms with van der Waals surface area (Å²) in [4.78, 5) is 12.2. The molecule has 0 aromatic heterocycles. The van der Waals surface area contributed by atoms with E-state index in [-0.39, 0.29) is 5.91 Å². The van der Waals surface area contributed by atoms with Crippen molar-refractivity contribution in [2.45, 2.75) is 39.7 Å². The van der Waals surface area contributed by atoms with Crippen LogP contribution in [0.1, 0.15) is 30.0 Å². The maximum atomic E-state index is 12.2. The summed E-state index contributed by atoms with van der Waals surface area (Å²) in [6.45, 7) is 6.35. The fraction of sp³-hybridized carbons (Fsp3) is 0.350. The van der Waals surface area contributed by atoms with Crippen molar-refractivity contribution in [1.82, 2.24) is 5.32 Å². The van der Waals surface area contributed by atoms with Gasteiger partial charge in [0, 0.05) is 11.6 Å². The summed E-state index contributed by atoms with van der Waals surface area (Å²) < 4.78 is 5.79. The van der Waals surface area contributed by atoms with Crippen LogP contribution in [-0.2, 0) is 11.2 Å². The molecule has 1 N–H and O–H groups in total. The summed E-state index contributed by atoms with van der Waals surface area (Å²) in [5, 5.41) is 3.69. The van der Waals surface area contributed by atoms with Crippen LogP contribution in [0.2, 0.25) is 5.02 Å². The number of halogens is 1. The summed E-state index contributed by atoms with van der Waals surface area (Å²) >= 11 is 6.13. The average Bonchev–Trinajstić information content (AvgIpc) is 2.56. The molecule has 2 aromatic rings. The molecule has 0 unspecified atom stereocenters. The van der Waals surface area contributed by atoms with E-state index in [0.29, 0.717) is 6.54 Å². The molecule has 128 valence electrons. The summed E-state index contributed by atoms with van der Waals surface area (Å²) in [6.07, 6.45) is 1.16. The Hall–Kier alpha value is -2.00. The highest BCUT2D eigenvalue weighted by Crippen LogP contribution is 2.20. The first-order valence-corrected chi connectivity index (χ1v) is 8.60. The lowest BCUT2D eigenvalue weighted by Gasteiger charge is -2.16. The van der Waals surface area contributed by atoms with Gasteiger partial charge in [-0.3, -0.25) is 4.79 Å². The number of aryl methyl sites for hydroxylation is 3. The Bertz CT molecular complexity index is 700. The van der Waals surface area contributed by atoms with E-state index in [1.165, 1.54) is 0 Å². The van der Waals surface area contributed by atoms with Gasteiger partial charge in [-0.05, 0) is 62.4 Å². The van der Waals surface area contributed by atoms with Gasteiger partial charge in [0.25, 0.3) is 5.91 Å². The standard InChI is InChI=1S/C20H24ClNO2/c1-14-10-11-15(2)19(13-14)24-16(3)20(23)22-12-6-8-17-7-4-5-9-18(17)21/h4-5,7,9-11,13,16H,6,8,12H2,1-3H3,(H,22,23)/t16-/m0/s1. The quantitative estimate of drug-likeness (QED) is 0.752. The Morgan fingerprint density at radius 3 is 2.71 bits per heavy atom. The van der Waals surface area contributed by atoms with Crippen molar-refractivity contribution in [2.24, 2.45) is 0 Å². The molecule has 0 spiro atoms. The Morgan fingerprint density at radius 2 is 1.96 bits per heavy atom. The molecular formula is C20H24ClNO2. The maximum Gasteiger partial charge on any atom is 0.260 e. The van der Waals surface area contributed by atoms with Crippen LogP contribution in [0, 0.1) is 13.8 Å². The van der Waals surface area contributed by atoms with Crippen LogP contribution < -0.4 is 10.1 Å². The second kappa shape index (κ2) is 8.74. The zero-order valence-corrected chi connectivity index (χ0v) is 15.2. The topological polar surface area (TPSA) is 38.3 Å². The SMILES string of the molecule is Cc1ccc(C)c(O[C@@H](C)C(=O)NCCCc2ccccc2Cl)c1. The molecule has 0 bridgehead atoms. The summed E-state index contributed by atoms with van der Waals surface area (Å²) in [6, 6.07) is 13.8. The summed E-state index contributed by atoms with van der Waals surface area (Å²) in [7, 11) is 0. The largest absolute Gasteiger partial charge is 0.481 e. The van der Waals surface area contributed by atoms with Gasteiger partial charge in [-0.1, -0.05) is 41.9 Å². The van der Waals surface area contributed by atoms with E-state index in [2.05, 4.69) is 5.32 Å². The van der Waals surface area contributed by atoms with E-state index >= 15 is 0 Å². The van der Waals surface area contributed by atoms with Gasteiger partial charge < -0.3 is 10.1 Å². The molecular weight excluding hydrogens is 322 g/mol. The first-order valence-electron chi connectivity index (χ1n) is 8.22. The monoisotopic (exact) mass is 345 g/mol. The first kappa shape index (κ1) is 18.3. The van der Waals surface area contributed by atoms with E-state index in [4.69, 9.17) is 16.3 Å². The Labute approximate surface area is 149 Å². The van der Waals surface area contributed by atoms with Gasteiger partial charge >= 0.3 is 0 Å². The fourth-order valence-corrected chi connectivity index (χ4v) is 2.64. The van der Waals surface area contributed by atoms with Crippen molar-refractivity contribution in [3.63, 3.8) is 0 Å². The molecule has 0 aliphatic carbocycles. The third kappa shape index (κ3) is 5.27. The van der Waals surface area contributed by atoms with Gasteiger partial charge in [-0.2, -0.15) is 0 Å². The maximum absolute atomic E-state index is 12.2. The molecule has 0 saturated carbocycles. The van der Waals surface area contributed by atoms with Crippen LogP contribution in [0.3, 0.4) is 0 Å². The molecule has 0 aliphatic rings. The highest BCUT2D eigenvalue weighted by molar-refractivity contribution is 6.31. The van der Waals surface area contributed by atoms with Gasteiger partial charge in [0.1, 0.15) is 5.75 Å². The molecule has 4 heteroatoms. The molecule has 0 aliphatic heterocycles. The summed E-state index contributed by atoms with van der Waals surface area (Å²) in [5.41, 5.74) is 3.25. The van der Waals surface area contributed by atoms with Crippen LogP contribution in [0.4, 0.5) is 0 Å². The number of hydrogen-bond donors (Lipinski definition) is 1. The Kier molecular flexibility index (Phi) is 6.68. The lowest BCUT2D eigenvalue weighted by molar-refractivity contribution is -0.127. The minimum absolute atomic E-state index is 0.102. The molecule has 2 rings (SSSR count). The van der Waals surface area contributed by atoms with Gasteiger partial charge in [0.05, 0.1) is 0 Å². The van der Waals surface area contributed by atoms with Gasteiger partial charge in [-0.15, -0.1) is 0 Å². The normalized spacial score (nSPS) is 11.8. The van der Waals surface area contributed by atoms with E-state index in [1.807, 2.05) is 56.3 Å². The second-order valence-electron chi connectivity index (χ2n) is 6.02. The van der Waals surface area contributed by atoms with E-state index in [0.717, 1.165) is 40.3 Å². The highest BCUT2D eigenvalue weighted by Gasteiger charge is 2.15. The minimum atomic E-state index is -0.522. The highest BCUT2D eigenvalue weighted by atomic mass is 35.5. The summed E-state index contributed by atoms with van der Waals surface area (Å²) in [5.74, 6) is 0.656. The van der Waals surface area contributed by atoms with Crippen molar-refractivity contribution < 1.29 is 9.53 Å². The molecule has 0 radical (unpaired) electrons. The molecule has 0 fully saturated rings. The zero-order chi connectivity index (χ0) is 17.5. The first-order chi connectivity index (χ1) is 11.5. The lowest BCUT2D eigenvalue weighted by Crippen LogP contribution is -2.37. The molecule has 1 amide bonds. The fourth-order valence-electron chi connectivity index (χ4n) is 2.41. The predicted molar refractivity (Wildman–Crippen MR) is 98.8 cm³/mol. The molecule has 0 heterocycles. The van der Waals surface area contributed by atoms with Crippen molar-refractivity contribution >= 4 is 17.5 Å². The van der Waals surface area contributed by atoms with Crippen molar-refractivity contribution in [1.29, 1.82) is 0 Å². The number of rotatable bonds is 7. The van der Waals surface area contributed by atoms with Crippen LogP contribution >= 0.6 is 11.6 Å². The number of benzene rings is 2. The predicted octanol–water partition coefficient (Wildman–Crippen LogP) is 4.47. The molecule has 24 heavy (non-hydrogen) atoms. The number of amides is 1. The molecule has 1 atom stereocenters. The lowest BCUT2D eigenvalue weighted by atomic mass is 10.1. The molecule has 2 aromatic carbocycles. The number of carbonyl (C=O) groups is 1. The van der Waals surface area contributed by atoms with Crippen LogP contribution in [0.5, 0.6) is 5.75 Å². The number of carbonyl (C=O) groups excluding carboxylic acids is 1. The van der Waals surface area contributed by atoms with E-state index in [9.17, 15) is 4.79 Å². The van der Waals surface area contributed by atoms with Crippen molar-refractivity contribution in [3.05, 3.63) is 64.2 Å². The molecule has 3 nitrogen and oxygen atoms in total. The number of ether oxygens (including phenoxy) is 1. The average molecular weight is 346 g/mol. The van der Waals surface area contributed by atoms with E-state index < -0.39 is 6.10 Å². The van der Waals surface area contributed by atoms with Crippen molar-refractivity contribution in [2.75, 3.05) is 6.54 Å². The number of hydrogen-bond acceptors (Lipinski definition) is 2. The van der Waals surface area contributed by atoms with Crippen LogP contribution in [0.15, 0.2) is 42.5 Å². The van der Waals surface area contributed by atoms with Crippen LogP contribution in [0.25, 0.3) is 0 Å². The Balaban J connectivity index is 1.77. The van der Waals surface area contributed by atoms with Gasteiger partial charge in [0.15, 0.2) is 6.10 Å². The Morgan fingerprint density at radius 1 is 1.21 bits per heavy atom. The van der Waals surface area contributed by atoms with Crippen molar-refractivity contribution in [3.8, 4) is 5.75 Å². The van der Waals surface area contributed by atoms with Gasteiger partial charge in [-0.25, -0.2) is 0 Å². The third-order valence-corrected chi connectivity index (χ3v) is 4.27. The van der Waals surface area contributed by atoms with Gasteiger partial charge in [0.2, 0.25) is 0 Å². The smallest absolute Gasteiger partial charge is 0.260 e. The minimum Gasteiger partial charge on any atom is -0.481 e. The second-order valence-corrected chi connectivity index (χ2v) is 6.42. The number of nitrogens with one attached hydrogen (secondary N) is 1. The van der Waals surface area contributed by atoms with Crippen LogP contribution in [-0.4, -0.2) is 18.6 Å². The van der Waals surface area contributed by atoms with E-state index in [1.54, 1.807) is 6.92 Å². The molecule has 0 saturated heterocycles. The third-order valence-electron chi connectivity index (χ3n) is 3.90. The zero-order valence-electron chi connectivity index (χ0n) is 14.4.